The smallest absolute Gasteiger partial charge is 0.160 e. The van der Waals surface area contributed by atoms with Crippen molar-refractivity contribution in [3.8, 4) is 17.6 Å². The number of nitrogens with zero attached hydrogens (tertiary/aromatic N) is 2. The van der Waals surface area contributed by atoms with Crippen LogP contribution in [0.15, 0.2) is 36.4 Å². The van der Waals surface area contributed by atoms with E-state index in [1.165, 1.54) is 5.56 Å². The summed E-state index contributed by atoms with van der Waals surface area (Å²) >= 11 is 0. The first-order valence-electron chi connectivity index (χ1n) is 11.5. The lowest BCUT2D eigenvalue weighted by Gasteiger charge is -2.32. The summed E-state index contributed by atoms with van der Waals surface area (Å²) in [5.74, 6) is 1.58. The highest BCUT2D eigenvalue weighted by Crippen LogP contribution is 2.37. The number of hydrogen-bond donors (Lipinski definition) is 2. The number of aliphatic hydroxyl groups excluding tert-OH is 2. The van der Waals surface area contributed by atoms with Crippen molar-refractivity contribution >= 4 is 0 Å². The first-order valence-corrected chi connectivity index (χ1v) is 11.5. The highest BCUT2D eigenvalue weighted by Gasteiger charge is 2.36. The Morgan fingerprint density at radius 3 is 2.24 bits per heavy atom. The standard InChI is InChI=1S/C27H38N2O4/c1-20(2)27(19-28,24-9-8-22(17-30)23(16-24)18-31)12-6-13-29(3)14-11-21-7-10-25(32-4)26(15-21)33-5/h7-10,15-16,20,30-31H,6,11-14,17-18H2,1-5H3. The van der Waals surface area contributed by atoms with E-state index in [1.54, 1.807) is 14.2 Å². The predicted molar refractivity (Wildman–Crippen MR) is 130 cm³/mol. The zero-order valence-corrected chi connectivity index (χ0v) is 20.6. The Kier molecular flexibility index (Phi) is 10.2. The molecule has 0 aromatic heterocycles. The molecule has 2 aromatic rings. The molecule has 180 valence electrons. The van der Waals surface area contributed by atoms with Gasteiger partial charge in [-0.25, -0.2) is 0 Å². The Morgan fingerprint density at radius 1 is 0.970 bits per heavy atom. The van der Waals surface area contributed by atoms with Crippen LogP contribution in [0.25, 0.3) is 0 Å². The first-order chi connectivity index (χ1) is 15.8. The lowest BCUT2D eigenvalue weighted by atomic mass is 9.69. The summed E-state index contributed by atoms with van der Waals surface area (Å²) < 4.78 is 10.7. The number of nitriles is 1. The van der Waals surface area contributed by atoms with Crippen LogP contribution in [0, 0.1) is 17.2 Å². The maximum atomic E-state index is 10.2. The van der Waals surface area contributed by atoms with Gasteiger partial charge < -0.3 is 24.6 Å². The van der Waals surface area contributed by atoms with Crippen LogP contribution in [0.2, 0.25) is 0 Å². The molecule has 0 fully saturated rings. The number of likely N-dealkylation sites (N-methyl/N-ethyl adjacent to an activating group) is 1. The Morgan fingerprint density at radius 2 is 1.67 bits per heavy atom. The second-order valence-corrected chi connectivity index (χ2v) is 8.88. The molecule has 0 aliphatic rings. The molecular weight excluding hydrogens is 416 g/mol. The number of methoxy groups -OCH3 is 2. The van der Waals surface area contributed by atoms with Crippen LogP contribution < -0.4 is 9.47 Å². The molecule has 33 heavy (non-hydrogen) atoms. The molecule has 0 spiro atoms. The number of aliphatic hydroxyl groups is 2. The van der Waals surface area contributed by atoms with E-state index in [0.717, 1.165) is 49.4 Å². The van der Waals surface area contributed by atoms with Crippen LogP contribution in [0.3, 0.4) is 0 Å². The van der Waals surface area contributed by atoms with E-state index in [0.29, 0.717) is 11.1 Å². The average molecular weight is 455 g/mol. The zero-order valence-electron chi connectivity index (χ0n) is 20.6. The largest absolute Gasteiger partial charge is 0.493 e. The predicted octanol–water partition coefficient (Wildman–Crippen LogP) is 4.06. The van der Waals surface area contributed by atoms with Gasteiger partial charge >= 0.3 is 0 Å². The Bertz CT molecular complexity index is 938. The van der Waals surface area contributed by atoms with E-state index >= 15 is 0 Å². The fourth-order valence-corrected chi connectivity index (χ4v) is 4.32. The zero-order chi connectivity index (χ0) is 24.4. The lowest BCUT2D eigenvalue weighted by Crippen LogP contribution is -2.33. The number of benzene rings is 2. The van der Waals surface area contributed by atoms with Gasteiger partial charge in [0.15, 0.2) is 11.5 Å². The molecule has 2 rings (SSSR count). The summed E-state index contributed by atoms with van der Waals surface area (Å²) in [6, 6.07) is 14.2. The maximum Gasteiger partial charge on any atom is 0.160 e. The van der Waals surface area contributed by atoms with Gasteiger partial charge in [-0.1, -0.05) is 38.1 Å². The van der Waals surface area contributed by atoms with E-state index < -0.39 is 5.41 Å². The van der Waals surface area contributed by atoms with Gasteiger partial charge in [-0.2, -0.15) is 5.26 Å². The third kappa shape index (κ3) is 6.48. The highest BCUT2D eigenvalue weighted by atomic mass is 16.5. The van der Waals surface area contributed by atoms with Crippen molar-refractivity contribution in [2.75, 3.05) is 34.4 Å². The minimum atomic E-state index is -0.637. The van der Waals surface area contributed by atoms with E-state index in [2.05, 4.69) is 37.9 Å². The molecule has 0 saturated carbocycles. The van der Waals surface area contributed by atoms with Crippen molar-refractivity contribution in [3.05, 3.63) is 58.7 Å². The summed E-state index contributed by atoms with van der Waals surface area (Å²) in [5.41, 5.74) is 2.85. The van der Waals surface area contributed by atoms with E-state index in [4.69, 9.17) is 9.47 Å². The van der Waals surface area contributed by atoms with Crippen molar-refractivity contribution in [1.82, 2.24) is 4.90 Å². The monoisotopic (exact) mass is 454 g/mol. The minimum absolute atomic E-state index is 0.117. The average Bonchev–Trinajstić information content (AvgIpc) is 2.84. The highest BCUT2D eigenvalue weighted by molar-refractivity contribution is 5.43. The van der Waals surface area contributed by atoms with E-state index in [1.807, 2.05) is 30.3 Å². The molecule has 0 amide bonds. The molecule has 1 unspecified atom stereocenters. The van der Waals surface area contributed by atoms with Crippen molar-refractivity contribution in [3.63, 3.8) is 0 Å². The van der Waals surface area contributed by atoms with Gasteiger partial charge in [0, 0.05) is 6.54 Å². The lowest BCUT2D eigenvalue weighted by molar-refractivity contribution is 0.259. The maximum absolute atomic E-state index is 10.2. The van der Waals surface area contributed by atoms with Crippen molar-refractivity contribution in [2.45, 2.75) is 51.7 Å². The van der Waals surface area contributed by atoms with Gasteiger partial charge in [-0.15, -0.1) is 0 Å². The number of rotatable bonds is 13. The number of hydrogen-bond acceptors (Lipinski definition) is 6. The third-order valence-corrected chi connectivity index (χ3v) is 6.59. The molecule has 2 aromatic carbocycles. The summed E-state index contributed by atoms with van der Waals surface area (Å²) in [6.45, 7) is 5.65. The second-order valence-electron chi connectivity index (χ2n) is 8.88. The SMILES string of the molecule is COc1ccc(CCN(C)CCCC(C#N)(c2ccc(CO)c(CO)c2)C(C)C)cc1OC. The van der Waals surface area contributed by atoms with E-state index in [9.17, 15) is 15.5 Å². The van der Waals surface area contributed by atoms with Gasteiger partial charge in [-0.3, -0.25) is 0 Å². The summed E-state index contributed by atoms with van der Waals surface area (Å²) in [5, 5.41) is 29.4. The fourth-order valence-electron chi connectivity index (χ4n) is 4.32. The van der Waals surface area contributed by atoms with Gasteiger partial charge in [-0.05, 0) is 73.2 Å². The van der Waals surface area contributed by atoms with Crippen LogP contribution in [0.1, 0.15) is 48.9 Å². The molecule has 6 heteroatoms. The van der Waals surface area contributed by atoms with Gasteiger partial charge in [0.1, 0.15) is 0 Å². The van der Waals surface area contributed by atoms with Crippen LogP contribution in [-0.4, -0.2) is 49.5 Å². The summed E-state index contributed by atoms with van der Waals surface area (Å²) in [6.07, 6.45) is 2.50. The quantitative estimate of drug-likeness (QED) is 0.475. The van der Waals surface area contributed by atoms with Crippen LogP contribution >= 0.6 is 0 Å². The Labute approximate surface area is 198 Å². The minimum Gasteiger partial charge on any atom is -0.493 e. The Balaban J connectivity index is 2.02. The van der Waals surface area contributed by atoms with Gasteiger partial charge in [0.05, 0.1) is 38.9 Å². The first kappa shape index (κ1) is 26.7. The third-order valence-electron chi connectivity index (χ3n) is 6.59. The molecule has 0 aliphatic carbocycles. The molecule has 1 atom stereocenters. The number of ether oxygens (including phenoxy) is 2. The molecule has 0 aliphatic heterocycles. The summed E-state index contributed by atoms with van der Waals surface area (Å²) in [7, 11) is 5.38. The van der Waals surface area contributed by atoms with Crippen LogP contribution in [0.4, 0.5) is 0 Å². The normalized spacial score (nSPS) is 13.1. The molecule has 0 saturated heterocycles. The topological polar surface area (TPSA) is 86.0 Å². The molecule has 0 heterocycles. The van der Waals surface area contributed by atoms with Crippen molar-refractivity contribution < 1.29 is 19.7 Å². The molecular formula is C27H38N2O4. The van der Waals surface area contributed by atoms with Gasteiger partial charge in [0.25, 0.3) is 0 Å². The molecule has 0 radical (unpaired) electrons. The molecule has 0 bridgehead atoms. The van der Waals surface area contributed by atoms with Crippen molar-refractivity contribution in [2.24, 2.45) is 5.92 Å². The fraction of sp³-hybridized carbons (Fsp3) is 0.519. The van der Waals surface area contributed by atoms with Crippen LogP contribution in [0.5, 0.6) is 11.5 Å². The summed E-state index contributed by atoms with van der Waals surface area (Å²) in [4.78, 5) is 2.28. The van der Waals surface area contributed by atoms with Gasteiger partial charge in [0.2, 0.25) is 0 Å². The molecule has 2 N–H and O–H groups in total. The second kappa shape index (κ2) is 12.6. The van der Waals surface area contributed by atoms with Crippen molar-refractivity contribution in [1.29, 1.82) is 5.26 Å². The van der Waals surface area contributed by atoms with E-state index in [-0.39, 0.29) is 19.1 Å². The Hall–Kier alpha value is -2.59. The molecule has 6 nitrogen and oxygen atoms in total. The van der Waals surface area contributed by atoms with Crippen LogP contribution in [-0.2, 0) is 25.0 Å².